The summed E-state index contributed by atoms with van der Waals surface area (Å²) in [6.45, 7) is 0.0737. The van der Waals surface area contributed by atoms with Gasteiger partial charge in [-0.1, -0.05) is 18.2 Å². The molecule has 0 aromatic heterocycles. The van der Waals surface area contributed by atoms with Crippen LogP contribution >= 0.6 is 0 Å². The van der Waals surface area contributed by atoms with Gasteiger partial charge in [-0.25, -0.2) is 9.18 Å². The van der Waals surface area contributed by atoms with E-state index in [1.807, 2.05) is 0 Å². The molecule has 1 fully saturated rings. The highest BCUT2D eigenvalue weighted by atomic mass is 19.1. The second kappa shape index (κ2) is 6.49. The van der Waals surface area contributed by atoms with Gasteiger partial charge in [-0.05, 0) is 35.9 Å². The number of halogens is 1. The maximum Gasteiger partial charge on any atom is 0.324 e. The lowest BCUT2D eigenvalue weighted by Crippen LogP contribution is -2.30. The smallest absolute Gasteiger partial charge is 0.324 e. The summed E-state index contributed by atoms with van der Waals surface area (Å²) in [4.78, 5) is 36.5. The van der Waals surface area contributed by atoms with Crippen molar-refractivity contribution in [1.82, 2.24) is 10.2 Å². The Kier molecular flexibility index (Phi) is 4.24. The fourth-order valence-corrected chi connectivity index (χ4v) is 2.38. The fraction of sp³-hybridized carbons (Fsp3) is 0.118. The van der Waals surface area contributed by atoms with Crippen molar-refractivity contribution in [2.75, 3.05) is 11.9 Å². The zero-order valence-electron chi connectivity index (χ0n) is 12.6. The Morgan fingerprint density at radius 3 is 2.67 bits per heavy atom. The van der Waals surface area contributed by atoms with Gasteiger partial charge in [0, 0.05) is 11.3 Å². The largest absolute Gasteiger partial charge is 0.329 e. The molecule has 0 bridgehead atoms. The standard InChI is InChI=1S/C17H14FN3O3/c18-13-5-2-6-14(8-13)20-16(23)12-4-1-3-11(7-12)10-21-15(22)9-19-17(21)24/h1-8H,9-10H2,(H,19,24)(H,20,23). The highest BCUT2D eigenvalue weighted by Gasteiger charge is 2.28. The number of hydrogen-bond donors (Lipinski definition) is 2. The molecule has 1 aliphatic heterocycles. The van der Waals surface area contributed by atoms with Crippen LogP contribution in [0.4, 0.5) is 14.9 Å². The number of amides is 4. The molecule has 7 heteroatoms. The van der Waals surface area contributed by atoms with Crippen molar-refractivity contribution < 1.29 is 18.8 Å². The van der Waals surface area contributed by atoms with E-state index < -0.39 is 17.8 Å². The molecule has 6 nitrogen and oxygen atoms in total. The summed E-state index contributed by atoms with van der Waals surface area (Å²) in [7, 11) is 0. The zero-order valence-corrected chi connectivity index (χ0v) is 12.6. The molecule has 0 spiro atoms. The molecule has 24 heavy (non-hydrogen) atoms. The van der Waals surface area contributed by atoms with Gasteiger partial charge >= 0.3 is 6.03 Å². The van der Waals surface area contributed by atoms with Crippen molar-refractivity contribution in [1.29, 1.82) is 0 Å². The van der Waals surface area contributed by atoms with Gasteiger partial charge in [0.15, 0.2) is 0 Å². The lowest BCUT2D eigenvalue weighted by Gasteiger charge is -2.13. The van der Waals surface area contributed by atoms with Crippen molar-refractivity contribution in [3.8, 4) is 0 Å². The van der Waals surface area contributed by atoms with Crippen LogP contribution in [0.1, 0.15) is 15.9 Å². The first kappa shape index (κ1) is 15.7. The highest BCUT2D eigenvalue weighted by Crippen LogP contribution is 2.14. The van der Waals surface area contributed by atoms with Crippen LogP contribution in [-0.4, -0.2) is 29.3 Å². The fourth-order valence-electron chi connectivity index (χ4n) is 2.38. The predicted octanol–water partition coefficient (Wildman–Crippen LogP) is 2.13. The molecule has 3 rings (SSSR count). The Morgan fingerprint density at radius 1 is 1.17 bits per heavy atom. The third kappa shape index (κ3) is 3.40. The van der Waals surface area contributed by atoms with Gasteiger partial charge in [-0.3, -0.25) is 14.5 Å². The van der Waals surface area contributed by atoms with Gasteiger partial charge in [-0.15, -0.1) is 0 Å². The SMILES string of the molecule is O=C(Nc1cccc(F)c1)c1cccc(CN2C(=O)CNC2=O)c1. The normalized spacial score (nSPS) is 13.8. The van der Waals surface area contributed by atoms with Gasteiger partial charge in [0.1, 0.15) is 5.82 Å². The van der Waals surface area contributed by atoms with E-state index in [0.29, 0.717) is 16.8 Å². The Bertz CT molecular complexity index is 806. The molecule has 0 saturated carbocycles. The number of hydrogen-bond acceptors (Lipinski definition) is 3. The Labute approximate surface area is 137 Å². The maximum atomic E-state index is 13.2. The quantitative estimate of drug-likeness (QED) is 0.845. The van der Waals surface area contributed by atoms with Crippen LogP contribution in [0, 0.1) is 5.82 Å². The number of carbonyl (C=O) groups is 3. The van der Waals surface area contributed by atoms with E-state index in [1.54, 1.807) is 30.3 Å². The van der Waals surface area contributed by atoms with Crippen molar-refractivity contribution in [3.05, 3.63) is 65.5 Å². The van der Waals surface area contributed by atoms with Crippen molar-refractivity contribution >= 4 is 23.5 Å². The maximum absolute atomic E-state index is 13.2. The number of anilines is 1. The van der Waals surface area contributed by atoms with E-state index in [0.717, 1.165) is 4.90 Å². The van der Waals surface area contributed by atoms with E-state index >= 15 is 0 Å². The van der Waals surface area contributed by atoms with Gasteiger partial charge < -0.3 is 10.6 Å². The molecule has 0 aliphatic carbocycles. The number of imide groups is 1. The third-order valence-electron chi connectivity index (χ3n) is 3.55. The number of benzene rings is 2. The first-order valence-electron chi connectivity index (χ1n) is 7.27. The molecule has 2 aromatic rings. The van der Waals surface area contributed by atoms with Crippen LogP contribution in [0.2, 0.25) is 0 Å². The molecule has 4 amide bonds. The van der Waals surface area contributed by atoms with Gasteiger partial charge in [0.05, 0.1) is 13.1 Å². The Balaban J connectivity index is 1.74. The van der Waals surface area contributed by atoms with E-state index in [9.17, 15) is 18.8 Å². The Morgan fingerprint density at radius 2 is 1.96 bits per heavy atom. The number of nitrogens with one attached hydrogen (secondary N) is 2. The van der Waals surface area contributed by atoms with Crippen molar-refractivity contribution in [2.45, 2.75) is 6.54 Å². The van der Waals surface area contributed by atoms with Crippen LogP contribution in [0.15, 0.2) is 48.5 Å². The summed E-state index contributed by atoms with van der Waals surface area (Å²) < 4.78 is 13.2. The first-order valence-corrected chi connectivity index (χ1v) is 7.27. The zero-order chi connectivity index (χ0) is 17.1. The lowest BCUT2D eigenvalue weighted by atomic mass is 10.1. The molecular formula is C17H14FN3O3. The van der Waals surface area contributed by atoms with Crippen molar-refractivity contribution in [3.63, 3.8) is 0 Å². The van der Waals surface area contributed by atoms with Crippen LogP contribution in [0.3, 0.4) is 0 Å². The van der Waals surface area contributed by atoms with Crippen LogP contribution < -0.4 is 10.6 Å². The second-order valence-electron chi connectivity index (χ2n) is 5.30. The summed E-state index contributed by atoms with van der Waals surface area (Å²) in [5, 5.41) is 5.04. The minimum Gasteiger partial charge on any atom is -0.329 e. The average molecular weight is 327 g/mol. The number of rotatable bonds is 4. The summed E-state index contributed by atoms with van der Waals surface area (Å²) in [6.07, 6.45) is 0. The van der Waals surface area contributed by atoms with E-state index in [1.165, 1.54) is 18.2 Å². The third-order valence-corrected chi connectivity index (χ3v) is 3.55. The van der Waals surface area contributed by atoms with E-state index in [4.69, 9.17) is 0 Å². The molecule has 0 atom stereocenters. The predicted molar refractivity (Wildman–Crippen MR) is 84.7 cm³/mol. The van der Waals surface area contributed by atoms with E-state index in [2.05, 4.69) is 10.6 Å². The minimum absolute atomic E-state index is 0.0153. The summed E-state index contributed by atoms with van der Waals surface area (Å²) in [6, 6.07) is 11.7. The van der Waals surface area contributed by atoms with Gasteiger partial charge in [0.2, 0.25) is 5.91 Å². The molecule has 1 saturated heterocycles. The molecule has 0 radical (unpaired) electrons. The number of nitrogens with zero attached hydrogens (tertiary/aromatic N) is 1. The highest BCUT2D eigenvalue weighted by molar-refractivity contribution is 6.04. The molecule has 2 aromatic carbocycles. The molecule has 1 heterocycles. The van der Waals surface area contributed by atoms with Gasteiger partial charge in [-0.2, -0.15) is 0 Å². The number of urea groups is 1. The minimum atomic E-state index is -0.449. The molecular weight excluding hydrogens is 313 g/mol. The summed E-state index contributed by atoms with van der Waals surface area (Å²) >= 11 is 0. The average Bonchev–Trinajstić information content (AvgIpc) is 2.87. The van der Waals surface area contributed by atoms with Gasteiger partial charge in [0.25, 0.3) is 5.91 Å². The lowest BCUT2D eigenvalue weighted by molar-refractivity contribution is -0.125. The summed E-state index contributed by atoms with van der Waals surface area (Å²) in [5.41, 5.74) is 1.34. The van der Waals surface area contributed by atoms with Crippen LogP contribution in [0.5, 0.6) is 0 Å². The van der Waals surface area contributed by atoms with Crippen LogP contribution in [0.25, 0.3) is 0 Å². The second-order valence-corrected chi connectivity index (χ2v) is 5.30. The number of carbonyl (C=O) groups excluding carboxylic acids is 3. The topological polar surface area (TPSA) is 78.5 Å². The molecule has 0 unspecified atom stereocenters. The first-order chi connectivity index (χ1) is 11.5. The van der Waals surface area contributed by atoms with Crippen molar-refractivity contribution in [2.24, 2.45) is 0 Å². The summed E-state index contributed by atoms with van der Waals surface area (Å²) in [5.74, 6) is -1.16. The molecule has 1 aliphatic rings. The monoisotopic (exact) mass is 327 g/mol. The Hall–Kier alpha value is -3.22. The van der Waals surface area contributed by atoms with Crippen LogP contribution in [-0.2, 0) is 11.3 Å². The molecule has 2 N–H and O–H groups in total. The molecule has 122 valence electrons. The van der Waals surface area contributed by atoms with E-state index in [-0.39, 0.29) is 19.0 Å².